The summed E-state index contributed by atoms with van der Waals surface area (Å²) in [5.74, 6) is 1.09. The number of rotatable bonds is 8. The molecule has 0 saturated heterocycles. The fourth-order valence-electron chi connectivity index (χ4n) is 2.71. The Morgan fingerprint density at radius 3 is 2.24 bits per heavy atom. The zero-order chi connectivity index (χ0) is 17.5. The first-order chi connectivity index (χ1) is 12.3. The summed E-state index contributed by atoms with van der Waals surface area (Å²) in [6.45, 7) is 5.44. The molecule has 0 atom stereocenters. The second-order valence-electron chi connectivity index (χ2n) is 5.79. The number of ether oxygens (including phenoxy) is 1. The van der Waals surface area contributed by atoms with Crippen molar-refractivity contribution in [2.45, 2.75) is 49.9 Å². The van der Waals surface area contributed by atoms with Gasteiger partial charge in [-0.25, -0.2) is 4.98 Å². The van der Waals surface area contributed by atoms with Gasteiger partial charge in [0.15, 0.2) is 0 Å². The van der Waals surface area contributed by atoms with Gasteiger partial charge in [-0.15, -0.1) is 0 Å². The zero-order valence-corrected chi connectivity index (χ0v) is 15.6. The molecule has 25 heavy (non-hydrogen) atoms. The van der Waals surface area contributed by atoms with E-state index in [4.69, 9.17) is 9.72 Å². The second-order valence-corrected chi connectivity index (χ2v) is 6.86. The maximum Gasteiger partial charge on any atom is 0.125 e. The number of benzene rings is 2. The van der Waals surface area contributed by atoms with E-state index in [0.29, 0.717) is 13.3 Å². The van der Waals surface area contributed by atoms with Crippen molar-refractivity contribution >= 4 is 11.8 Å². The molecule has 0 saturated carbocycles. The Bertz CT molecular complexity index is 784. The third-order valence-electron chi connectivity index (χ3n) is 4.01. The van der Waals surface area contributed by atoms with Gasteiger partial charge in [-0.3, -0.25) is 4.57 Å². The van der Waals surface area contributed by atoms with Gasteiger partial charge in [0, 0.05) is 11.3 Å². The van der Waals surface area contributed by atoms with Crippen molar-refractivity contribution in [1.82, 2.24) is 9.55 Å². The van der Waals surface area contributed by atoms with Crippen molar-refractivity contribution in [1.29, 1.82) is 0 Å². The Morgan fingerprint density at radius 1 is 0.920 bits per heavy atom. The van der Waals surface area contributed by atoms with E-state index in [1.807, 2.05) is 24.3 Å². The Balaban J connectivity index is 1.79. The topological polar surface area (TPSA) is 27.1 Å². The van der Waals surface area contributed by atoms with Crippen LogP contribution in [-0.4, -0.2) is 9.55 Å². The molecule has 0 amide bonds. The van der Waals surface area contributed by atoms with E-state index < -0.39 is 0 Å². The molecular formula is C21H24N2OS. The van der Waals surface area contributed by atoms with Crippen molar-refractivity contribution in [3.05, 3.63) is 77.7 Å². The van der Waals surface area contributed by atoms with E-state index in [2.05, 4.69) is 54.8 Å². The smallest absolute Gasteiger partial charge is 0.125 e. The lowest BCUT2D eigenvalue weighted by atomic mass is 10.2. The first-order valence-corrected chi connectivity index (χ1v) is 9.56. The van der Waals surface area contributed by atoms with Gasteiger partial charge in [0.1, 0.15) is 17.6 Å². The minimum atomic E-state index is 0.528. The first-order valence-electron chi connectivity index (χ1n) is 8.74. The predicted octanol–water partition coefficient (Wildman–Crippen LogP) is 5.33. The molecule has 3 rings (SSSR count). The van der Waals surface area contributed by atoms with Crippen LogP contribution >= 0.6 is 11.8 Å². The molecule has 0 radical (unpaired) electrons. The average Bonchev–Trinajstić information content (AvgIpc) is 3.00. The highest BCUT2D eigenvalue weighted by molar-refractivity contribution is 7.99. The van der Waals surface area contributed by atoms with Crippen molar-refractivity contribution in [3.63, 3.8) is 0 Å². The van der Waals surface area contributed by atoms with Gasteiger partial charge in [-0.2, -0.15) is 0 Å². The highest BCUT2D eigenvalue weighted by atomic mass is 32.2. The zero-order valence-electron chi connectivity index (χ0n) is 14.8. The molecule has 0 aliphatic heterocycles. The summed E-state index contributed by atoms with van der Waals surface area (Å²) in [5.41, 5.74) is 2.34. The third-order valence-corrected chi connectivity index (χ3v) is 5.17. The second kappa shape index (κ2) is 8.88. The van der Waals surface area contributed by atoms with Crippen LogP contribution in [0.25, 0.3) is 0 Å². The number of imidazole rings is 1. The van der Waals surface area contributed by atoms with Crippen molar-refractivity contribution in [2.75, 3.05) is 0 Å². The van der Waals surface area contributed by atoms with Gasteiger partial charge >= 0.3 is 0 Å². The van der Waals surface area contributed by atoms with Crippen molar-refractivity contribution in [3.8, 4) is 0 Å². The normalized spacial score (nSPS) is 11.0. The molecular weight excluding hydrogens is 328 g/mol. The number of hydrogen-bond donors (Lipinski definition) is 0. The number of aromatic nitrogens is 2. The van der Waals surface area contributed by atoms with Crippen LogP contribution in [-0.2, 0) is 30.9 Å². The monoisotopic (exact) mass is 352 g/mol. The number of hydrogen-bond acceptors (Lipinski definition) is 3. The highest BCUT2D eigenvalue weighted by Gasteiger charge is 2.16. The lowest BCUT2D eigenvalue weighted by Crippen LogP contribution is -2.08. The van der Waals surface area contributed by atoms with E-state index in [0.717, 1.165) is 24.4 Å². The van der Waals surface area contributed by atoms with Crippen LogP contribution in [0.1, 0.15) is 30.9 Å². The van der Waals surface area contributed by atoms with Gasteiger partial charge in [0.05, 0.1) is 12.3 Å². The fraction of sp³-hybridized carbons (Fsp3) is 0.286. The number of aryl methyl sites for hydroxylation is 2. The molecule has 2 aromatic carbocycles. The summed E-state index contributed by atoms with van der Waals surface area (Å²) in [4.78, 5) is 6.06. The molecule has 3 nitrogen and oxygen atoms in total. The van der Waals surface area contributed by atoms with Crippen molar-refractivity contribution < 1.29 is 4.74 Å². The molecule has 4 heteroatoms. The van der Waals surface area contributed by atoms with Crippen molar-refractivity contribution in [2.24, 2.45) is 0 Å². The molecule has 3 aromatic rings. The third kappa shape index (κ3) is 4.53. The Morgan fingerprint density at radius 2 is 1.60 bits per heavy atom. The Hall–Kier alpha value is -2.04. The standard InChI is InChI=1S/C21H24N2OS/c1-3-19-21(25-18-13-9-6-10-14-18)23(20(4-2)22-19)16-24-15-17-11-7-5-8-12-17/h5-14H,3-4,15-16H2,1-2H3. The minimum absolute atomic E-state index is 0.528. The van der Waals surface area contributed by atoms with Crippen LogP contribution in [0.3, 0.4) is 0 Å². The van der Waals surface area contributed by atoms with Crippen LogP contribution in [0, 0.1) is 0 Å². The molecule has 0 spiro atoms. The van der Waals surface area contributed by atoms with E-state index in [1.165, 1.54) is 15.5 Å². The fourth-order valence-corrected chi connectivity index (χ4v) is 3.81. The molecule has 0 unspecified atom stereocenters. The SMILES string of the molecule is CCc1nc(CC)n(COCc2ccccc2)c1Sc1ccccc1. The maximum absolute atomic E-state index is 5.99. The van der Waals surface area contributed by atoms with Crippen LogP contribution in [0.4, 0.5) is 0 Å². The largest absolute Gasteiger partial charge is 0.356 e. The summed E-state index contributed by atoms with van der Waals surface area (Å²) >= 11 is 1.77. The van der Waals surface area contributed by atoms with Gasteiger partial charge < -0.3 is 4.74 Å². The Labute approximate surface area is 154 Å². The van der Waals surface area contributed by atoms with Crippen LogP contribution in [0.15, 0.2) is 70.6 Å². The predicted molar refractivity (Wildman–Crippen MR) is 103 cm³/mol. The summed E-state index contributed by atoms with van der Waals surface area (Å²) in [7, 11) is 0. The van der Waals surface area contributed by atoms with Crippen LogP contribution in [0.2, 0.25) is 0 Å². The Kier molecular flexibility index (Phi) is 6.31. The molecule has 1 aromatic heterocycles. The molecule has 0 aliphatic carbocycles. The summed E-state index contributed by atoms with van der Waals surface area (Å²) in [5, 5.41) is 1.19. The number of nitrogens with zero attached hydrogens (tertiary/aromatic N) is 2. The first kappa shape index (κ1) is 17.8. The lowest BCUT2D eigenvalue weighted by molar-refractivity contribution is 0.0573. The molecule has 130 valence electrons. The summed E-state index contributed by atoms with van der Waals surface area (Å²) in [6, 6.07) is 20.7. The molecule has 0 N–H and O–H groups in total. The molecule has 0 aliphatic rings. The van der Waals surface area contributed by atoms with Gasteiger partial charge in [0.2, 0.25) is 0 Å². The molecule has 1 heterocycles. The summed E-state index contributed by atoms with van der Waals surface area (Å²) < 4.78 is 8.22. The highest BCUT2D eigenvalue weighted by Crippen LogP contribution is 2.32. The average molecular weight is 353 g/mol. The van der Waals surface area contributed by atoms with Gasteiger partial charge in [-0.1, -0.05) is 74.1 Å². The van der Waals surface area contributed by atoms with E-state index in [-0.39, 0.29) is 0 Å². The molecule has 0 bridgehead atoms. The van der Waals surface area contributed by atoms with Gasteiger partial charge in [0.25, 0.3) is 0 Å². The van der Waals surface area contributed by atoms with Crippen LogP contribution < -0.4 is 0 Å². The maximum atomic E-state index is 5.99. The minimum Gasteiger partial charge on any atom is -0.356 e. The summed E-state index contributed by atoms with van der Waals surface area (Å²) in [6.07, 6.45) is 1.82. The van der Waals surface area contributed by atoms with Crippen LogP contribution in [0.5, 0.6) is 0 Å². The van der Waals surface area contributed by atoms with Gasteiger partial charge in [-0.05, 0) is 24.1 Å². The lowest BCUT2D eigenvalue weighted by Gasteiger charge is -2.12. The molecule has 0 fully saturated rings. The van der Waals surface area contributed by atoms with E-state index >= 15 is 0 Å². The quantitative estimate of drug-likeness (QED) is 0.548. The van der Waals surface area contributed by atoms with E-state index in [9.17, 15) is 0 Å². The van der Waals surface area contributed by atoms with E-state index in [1.54, 1.807) is 11.8 Å².